The van der Waals surface area contributed by atoms with Gasteiger partial charge in [0.25, 0.3) is 0 Å². The molecule has 178 valence electrons. The van der Waals surface area contributed by atoms with Crippen LogP contribution in [-0.4, -0.2) is 43.1 Å². The number of nitrogens with one attached hydrogen (secondary N) is 2. The summed E-state index contributed by atoms with van der Waals surface area (Å²) in [6.45, 7) is 5.20. The first-order valence-corrected chi connectivity index (χ1v) is 12.1. The van der Waals surface area contributed by atoms with E-state index >= 15 is 0 Å². The number of hydrogen-bond acceptors (Lipinski definition) is 4. The number of likely N-dealkylation sites (tertiary alicyclic amines) is 1. The Balaban J connectivity index is 1.38. The number of hydrogen-bond donors (Lipinski definition) is 2. The molecule has 34 heavy (non-hydrogen) atoms. The summed E-state index contributed by atoms with van der Waals surface area (Å²) in [6, 6.07) is 27.0. The second kappa shape index (κ2) is 11.8. The zero-order valence-electron chi connectivity index (χ0n) is 20.2. The molecule has 1 heterocycles. The topological polar surface area (TPSA) is 53.6 Å². The molecule has 0 aromatic heterocycles. The number of benzene rings is 3. The summed E-state index contributed by atoms with van der Waals surface area (Å²) in [5, 5.41) is 6.86. The van der Waals surface area contributed by atoms with Crippen LogP contribution in [0, 0.1) is 6.92 Å². The van der Waals surface area contributed by atoms with Crippen molar-refractivity contribution in [3.05, 3.63) is 101 Å². The average molecular weight is 458 g/mol. The van der Waals surface area contributed by atoms with Gasteiger partial charge in [-0.2, -0.15) is 0 Å². The van der Waals surface area contributed by atoms with Gasteiger partial charge in [0.05, 0.1) is 13.2 Å². The van der Waals surface area contributed by atoms with Gasteiger partial charge in [0.1, 0.15) is 5.75 Å². The lowest BCUT2D eigenvalue weighted by atomic mass is 10.1. The average Bonchev–Trinajstić information content (AvgIpc) is 3.28. The predicted molar refractivity (Wildman–Crippen MR) is 137 cm³/mol. The number of carbonyl (C=O) groups is 1. The van der Waals surface area contributed by atoms with E-state index in [4.69, 9.17) is 4.74 Å². The fraction of sp³-hybridized carbons (Fsp3) is 0.345. The molecule has 0 radical (unpaired) electrons. The van der Waals surface area contributed by atoms with Crippen LogP contribution in [0.25, 0.3) is 0 Å². The number of nitrogens with zero attached hydrogens (tertiary/aromatic N) is 1. The Morgan fingerprint density at radius 2 is 1.71 bits per heavy atom. The molecule has 0 unspecified atom stereocenters. The van der Waals surface area contributed by atoms with Crippen LogP contribution in [0.2, 0.25) is 0 Å². The maximum atomic E-state index is 13.2. The molecular formula is C29H35N3O2. The van der Waals surface area contributed by atoms with Crippen molar-refractivity contribution >= 4 is 5.91 Å². The minimum Gasteiger partial charge on any atom is -0.497 e. The summed E-state index contributed by atoms with van der Waals surface area (Å²) in [5.41, 5.74) is 4.99. The standard InChI is InChI=1S/C29H35N3O2/c1-22-8-6-7-11-25(22)20-32-21-26(31-19-24-12-14-27(34-2)15-13-24)18-28(32)29(33)30-17-16-23-9-4-3-5-10-23/h3-15,26,28,31H,16-21H2,1-2H3,(H,30,33)/t26-,28-/m0/s1. The van der Waals surface area contributed by atoms with Crippen molar-refractivity contribution in [1.82, 2.24) is 15.5 Å². The lowest BCUT2D eigenvalue weighted by Gasteiger charge is -2.24. The lowest BCUT2D eigenvalue weighted by molar-refractivity contribution is -0.125. The first-order chi connectivity index (χ1) is 16.6. The fourth-order valence-electron chi connectivity index (χ4n) is 4.60. The van der Waals surface area contributed by atoms with Crippen LogP contribution in [0.1, 0.15) is 28.7 Å². The lowest BCUT2D eigenvalue weighted by Crippen LogP contribution is -2.43. The summed E-state index contributed by atoms with van der Waals surface area (Å²) in [6.07, 6.45) is 1.65. The minimum atomic E-state index is -0.135. The summed E-state index contributed by atoms with van der Waals surface area (Å²) >= 11 is 0. The van der Waals surface area contributed by atoms with Gasteiger partial charge in [0, 0.05) is 32.2 Å². The van der Waals surface area contributed by atoms with E-state index in [0.717, 1.165) is 38.2 Å². The Hall–Kier alpha value is -3.15. The summed E-state index contributed by atoms with van der Waals surface area (Å²) in [7, 11) is 1.68. The third-order valence-electron chi connectivity index (χ3n) is 6.65. The highest BCUT2D eigenvalue weighted by molar-refractivity contribution is 5.82. The predicted octanol–water partition coefficient (Wildman–Crippen LogP) is 4.10. The van der Waals surface area contributed by atoms with E-state index in [0.29, 0.717) is 6.54 Å². The SMILES string of the molecule is COc1ccc(CN[C@H]2C[C@@H](C(=O)NCCc3ccccc3)N(Cc3ccccc3C)C2)cc1. The number of ether oxygens (including phenoxy) is 1. The van der Waals surface area contributed by atoms with Crippen molar-refractivity contribution in [1.29, 1.82) is 0 Å². The summed E-state index contributed by atoms with van der Waals surface area (Å²) in [5.74, 6) is 0.986. The molecule has 1 fully saturated rings. The molecule has 5 nitrogen and oxygen atoms in total. The second-order valence-corrected chi connectivity index (χ2v) is 9.06. The van der Waals surface area contributed by atoms with Gasteiger partial charge in [-0.15, -0.1) is 0 Å². The van der Waals surface area contributed by atoms with Crippen molar-refractivity contribution in [2.75, 3.05) is 20.2 Å². The normalized spacial score (nSPS) is 18.1. The molecule has 3 aromatic carbocycles. The first-order valence-electron chi connectivity index (χ1n) is 12.1. The zero-order valence-corrected chi connectivity index (χ0v) is 20.2. The highest BCUT2D eigenvalue weighted by Gasteiger charge is 2.36. The van der Waals surface area contributed by atoms with E-state index < -0.39 is 0 Å². The van der Waals surface area contributed by atoms with Crippen LogP contribution in [0.3, 0.4) is 0 Å². The van der Waals surface area contributed by atoms with E-state index in [1.54, 1.807) is 7.11 Å². The van der Waals surface area contributed by atoms with Gasteiger partial charge in [0.15, 0.2) is 0 Å². The van der Waals surface area contributed by atoms with Crippen LogP contribution < -0.4 is 15.4 Å². The van der Waals surface area contributed by atoms with Gasteiger partial charge >= 0.3 is 0 Å². The van der Waals surface area contributed by atoms with Gasteiger partial charge in [-0.25, -0.2) is 0 Å². The Morgan fingerprint density at radius 3 is 2.44 bits per heavy atom. The molecule has 3 aromatic rings. The number of rotatable bonds is 10. The van der Waals surface area contributed by atoms with E-state index in [2.05, 4.69) is 71.0 Å². The molecule has 1 amide bonds. The molecule has 0 bridgehead atoms. The van der Waals surface area contributed by atoms with Crippen LogP contribution >= 0.6 is 0 Å². The Labute approximate surface area is 203 Å². The molecule has 1 saturated heterocycles. The molecule has 1 aliphatic heterocycles. The molecule has 4 rings (SSSR count). The molecule has 0 spiro atoms. The quantitative estimate of drug-likeness (QED) is 0.481. The molecular weight excluding hydrogens is 422 g/mol. The van der Waals surface area contributed by atoms with Gasteiger partial charge < -0.3 is 15.4 Å². The molecule has 0 saturated carbocycles. The Morgan fingerprint density at radius 1 is 0.971 bits per heavy atom. The summed E-state index contributed by atoms with van der Waals surface area (Å²) in [4.78, 5) is 15.5. The Kier molecular flexibility index (Phi) is 8.34. The number of aryl methyl sites for hydroxylation is 1. The molecule has 1 aliphatic rings. The van der Waals surface area contributed by atoms with Gasteiger partial charge in [0.2, 0.25) is 5.91 Å². The monoisotopic (exact) mass is 457 g/mol. The van der Waals surface area contributed by atoms with E-state index in [1.807, 2.05) is 30.3 Å². The third-order valence-corrected chi connectivity index (χ3v) is 6.65. The smallest absolute Gasteiger partial charge is 0.237 e. The van der Waals surface area contributed by atoms with Gasteiger partial charge in [-0.3, -0.25) is 9.69 Å². The van der Waals surface area contributed by atoms with Gasteiger partial charge in [-0.05, 0) is 54.2 Å². The zero-order chi connectivity index (χ0) is 23.8. The highest BCUT2D eigenvalue weighted by Crippen LogP contribution is 2.23. The largest absolute Gasteiger partial charge is 0.497 e. The van der Waals surface area contributed by atoms with E-state index in [1.165, 1.54) is 22.3 Å². The third kappa shape index (κ3) is 6.46. The number of amides is 1. The molecule has 0 aliphatic carbocycles. The van der Waals surface area contributed by atoms with Crippen molar-refractivity contribution in [2.45, 2.75) is 44.9 Å². The number of carbonyl (C=O) groups excluding carboxylic acids is 1. The second-order valence-electron chi connectivity index (χ2n) is 9.06. The molecule has 2 atom stereocenters. The van der Waals surface area contributed by atoms with Crippen LogP contribution in [0.4, 0.5) is 0 Å². The Bertz CT molecular complexity index is 1050. The van der Waals surface area contributed by atoms with E-state index in [9.17, 15) is 4.79 Å². The molecule has 5 heteroatoms. The van der Waals surface area contributed by atoms with Crippen molar-refractivity contribution in [3.8, 4) is 5.75 Å². The van der Waals surface area contributed by atoms with Crippen LogP contribution in [0.15, 0.2) is 78.9 Å². The van der Waals surface area contributed by atoms with Crippen LogP contribution in [0.5, 0.6) is 5.75 Å². The van der Waals surface area contributed by atoms with E-state index in [-0.39, 0.29) is 18.0 Å². The van der Waals surface area contributed by atoms with Crippen molar-refractivity contribution < 1.29 is 9.53 Å². The highest BCUT2D eigenvalue weighted by atomic mass is 16.5. The van der Waals surface area contributed by atoms with Crippen molar-refractivity contribution in [3.63, 3.8) is 0 Å². The number of methoxy groups -OCH3 is 1. The van der Waals surface area contributed by atoms with Crippen LogP contribution in [-0.2, 0) is 24.3 Å². The fourth-order valence-corrected chi connectivity index (χ4v) is 4.60. The first kappa shape index (κ1) is 24.0. The minimum absolute atomic E-state index is 0.123. The maximum Gasteiger partial charge on any atom is 0.237 e. The maximum absolute atomic E-state index is 13.2. The van der Waals surface area contributed by atoms with Crippen molar-refractivity contribution in [2.24, 2.45) is 0 Å². The molecule has 2 N–H and O–H groups in total. The summed E-state index contributed by atoms with van der Waals surface area (Å²) < 4.78 is 5.26. The van der Waals surface area contributed by atoms with Gasteiger partial charge in [-0.1, -0.05) is 66.7 Å².